The highest BCUT2D eigenvalue weighted by Gasteiger charge is 2.32. The lowest BCUT2D eigenvalue weighted by atomic mass is 9.93. The lowest BCUT2D eigenvalue weighted by Crippen LogP contribution is -2.42. The summed E-state index contributed by atoms with van der Waals surface area (Å²) in [5.74, 6) is -1.49. The third-order valence-electron chi connectivity index (χ3n) is 8.80. The van der Waals surface area contributed by atoms with E-state index in [1.807, 2.05) is 43.3 Å². The van der Waals surface area contributed by atoms with Crippen LogP contribution in [0.15, 0.2) is 42.5 Å². The average Bonchev–Trinajstić information content (AvgIpc) is 3.35. The van der Waals surface area contributed by atoms with Crippen LogP contribution in [-0.4, -0.2) is 73.6 Å². The van der Waals surface area contributed by atoms with Gasteiger partial charge in [-0.05, 0) is 72.9 Å². The summed E-state index contributed by atoms with van der Waals surface area (Å²) in [5, 5.41) is 12.2. The Hall–Kier alpha value is -2.75. The molecule has 1 aliphatic carbocycles. The Morgan fingerprint density at radius 3 is 2.50 bits per heavy atom. The van der Waals surface area contributed by atoms with E-state index in [9.17, 15) is 23.1 Å². The van der Waals surface area contributed by atoms with Crippen molar-refractivity contribution in [3.05, 3.63) is 59.2 Å². The number of amides is 1. The standard InChI is InChI=1S/C33H46N2O6S/c1-4-24-18-26(22-41-27-11-6-5-7-12-27)35(20-24)21-25-14-15-29(30(19-25)28-13-9-8-10-23(28)2)32(36)34-31(33(37)38)16-17-42(3,39)40/h8-10,13-15,19,24,26-27,31H,4-7,11-12,16-18,20-22H2,1-3H3,(H,34,36)(H,37,38)/t24-,26+,31-/m0/s1. The molecule has 0 aromatic heterocycles. The number of nitrogens with one attached hydrogen (secondary N) is 1. The molecular formula is C33H46N2O6S. The fourth-order valence-corrected chi connectivity index (χ4v) is 6.94. The fraction of sp³-hybridized carbons (Fsp3) is 0.576. The number of benzene rings is 2. The van der Waals surface area contributed by atoms with Crippen molar-refractivity contribution in [1.82, 2.24) is 10.2 Å². The maximum absolute atomic E-state index is 13.5. The first-order valence-electron chi connectivity index (χ1n) is 15.3. The lowest BCUT2D eigenvalue weighted by Gasteiger charge is -2.28. The number of hydrogen-bond donors (Lipinski definition) is 2. The SMILES string of the molecule is CC[C@H]1C[C@H](COC2CCCCC2)N(Cc2ccc(C(=O)N[C@@H](CCS(C)(=O)=O)C(=O)O)c(-c3ccccc3C)c2)C1. The molecule has 2 aromatic carbocycles. The first kappa shape index (κ1) is 32.2. The quantitative estimate of drug-likeness (QED) is 0.325. The van der Waals surface area contributed by atoms with E-state index in [-0.39, 0.29) is 12.2 Å². The molecule has 8 nitrogen and oxygen atoms in total. The van der Waals surface area contributed by atoms with E-state index in [0.717, 1.165) is 73.9 Å². The highest BCUT2D eigenvalue weighted by molar-refractivity contribution is 7.90. The molecule has 3 atom stereocenters. The fourth-order valence-electron chi connectivity index (χ4n) is 6.28. The Kier molecular flexibility index (Phi) is 11.2. The summed E-state index contributed by atoms with van der Waals surface area (Å²) >= 11 is 0. The van der Waals surface area contributed by atoms with Crippen molar-refractivity contribution in [2.45, 2.75) is 89.9 Å². The van der Waals surface area contributed by atoms with Crippen molar-refractivity contribution in [2.75, 3.05) is 25.2 Å². The van der Waals surface area contributed by atoms with Gasteiger partial charge in [0.05, 0.1) is 18.5 Å². The smallest absolute Gasteiger partial charge is 0.326 e. The minimum Gasteiger partial charge on any atom is -0.480 e. The van der Waals surface area contributed by atoms with Gasteiger partial charge in [-0.2, -0.15) is 0 Å². The molecule has 1 heterocycles. The number of carboxylic acid groups (broad SMARTS) is 1. The maximum Gasteiger partial charge on any atom is 0.326 e. The van der Waals surface area contributed by atoms with Crippen LogP contribution in [0.2, 0.25) is 0 Å². The Morgan fingerprint density at radius 2 is 1.83 bits per heavy atom. The number of carbonyl (C=O) groups excluding carboxylic acids is 1. The van der Waals surface area contributed by atoms with Gasteiger partial charge < -0.3 is 15.2 Å². The number of carboxylic acids is 1. The van der Waals surface area contributed by atoms with E-state index >= 15 is 0 Å². The number of rotatable bonds is 13. The number of aryl methyl sites for hydroxylation is 1. The van der Waals surface area contributed by atoms with Gasteiger partial charge in [-0.25, -0.2) is 13.2 Å². The van der Waals surface area contributed by atoms with Gasteiger partial charge in [0.25, 0.3) is 5.91 Å². The molecule has 9 heteroatoms. The molecule has 1 saturated carbocycles. The summed E-state index contributed by atoms with van der Waals surface area (Å²) in [4.78, 5) is 27.8. The van der Waals surface area contributed by atoms with Crippen molar-refractivity contribution in [3.63, 3.8) is 0 Å². The second kappa shape index (κ2) is 14.6. The maximum atomic E-state index is 13.5. The van der Waals surface area contributed by atoms with E-state index in [1.54, 1.807) is 6.07 Å². The molecule has 0 unspecified atom stereocenters. The molecule has 2 aromatic rings. The highest BCUT2D eigenvalue weighted by atomic mass is 32.2. The lowest BCUT2D eigenvalue weighted by molar-refractivity contribution is -0.139. The normalized spacial score (nSPS) is 20.8. The molecular weight excluding hydrogens is 552 g/mol. The van der Waals surface area contributed by atoms with Gasteiger partial charge in [0.15, 0.2) is 0 Å². The second-order valence-electron chi connectivity index (χ2n) is 12.2. The second-order valence-corrected chi connectivity index (χ2v) is 14.4. The van der Waals surface area contributed by atoms with Crippen LogP contribution in [0.5, 0.6) is 0 Å². The minimum absolute atomic E-state index is 0.199. The summed E-state index contributed by atoms with van der Waals surface area (Å²) in [6, 6.07) is 12.6. The number of ether oxygens (including phenoxy) is 1. The van der Waals surface area contributed by atoms with Gasteiger partial charge >= 0.3 is 5.97 Å². The van der Waals surface area contributed by atoms with Crippen molar-refractivity contribution >= 4 is 21.7 Å². The van der Waals surface area contributed by atoms with Crippen molar-refractivity contribution in [3.8, 4) is 11.1 Å². The molecule has 2 fully saturated rings. The summed E-state index contributed by atoms with van der Waals surface area (Å²) in [5.41, 5.74) is 4.08. The van der Waals surface area contributed by atoms with Crippen LogP contribution in [0.4, 0.5) is 0 Å². The van der Waals surface area contributed by atoms with E-state index in [1.165, 1.54) is 19.3 Å². The third-order valence-corrected chi connectivity index (χ3v) is 9.78. The highest BCUT2D eigenvalue weighted by Crippen LogP contribution is 2.32. The van der Waals surface area contributed by atoms with Gasteiger partial charge in [-0.3, -0.25) is 9.69 Å². The van der Waals surface area contributed by atoms with Gasteiger partial charge in [0, 0.05) is 31.0 Å². The van der Waals surface area contributed by atoms with Crippen molar-refractivity contribution < 1.29 is 27.9 Å². The van der Waals surface area contributed by atoms with Crippen LogP contribution in [0.25, 0.3) is 11.1 Å². The summed E-state index contributed by atoms with van der Waals surface area (Å²) in [7, 11) is -3.38. The van der Waals surface area contributed by atoms with Crippen LogP contribution in [0.1, 0.15) is 79.8 Å². The average molecular weight is 599 g/mol. The minimum atomic E-state index is -3.38. The number of likely N-dealkylation sites (tertiary alicyclic amines) is 1. The number of nitrogens with zero attached hydrogens (tertiary/aromatic N) is 1. The van der Waals surface area contributed by atoms with E-state index in [4.69, 9.17) is 4.74 Å². The first-order chi connectivity index (χ1) is 20.0. The topological polar surface area (TPSA) is 113 Å². The largest absolute Gasteiger partial charge is 0.480 e. The molecule has 0 bridgehead atoms. The van der Waals surface area contributed by atoms with Gasteiger partial charge in [0.2, 0.25) is 0 Å². The van der Waals surface area contributed by atoms with E-state index < -0.39 is 27.8 Å². The van der Waals surface area contributed by atoms with Crippen LogP contribution < -0.4 is 5.32 Å². The zero-order valence-corrected chi connectivity index (χ0v) is 26.0. The van der Waals surface area contributed by atoms with Gasteiger partial charge in [-0.15, -0.1) is 0 Å². The molecule has 4 rings (SSSR count). The third kappa shape index (κ3) is 8.88. The monoisotopic (exact) mass is 598 g/mol. The number of hydrogen-bond acceptors (Lipinski definition) is 6. The van der Waals surface area contributed by atoms with Crippen molar-refractivity contribution in [1.29, 1.82) is 0 Å². The number of aliphatic carboxylic acids is 1. The molecule has 0 radical (unpaired) electrons. The Morgan fingerprint density at radius 1 is 1.10 bits per heavy atom. The zero-order chi connectivity index (χ0) is 30.3. The van der Waals surface area contributed by atoms with E-state index in [2.05, 4.69) is 17.1 Å². The van der Waals surface area contributed by atoms with Crippen LogP contribution in [-0.2, 0) is 25.9 Å². The molecule has 2 N–H and O–H groups in total. The summed E-state index contributed by atoms with van der Waals surface area (Å²) in [6.45, 7) is 6.73. The van der Waals surface area contributed by atoms with Gasteiger partial charge in [0.1, 0.15) is 15.9 Å². The number of sulfone groups is 1. The molecule has 1 aliphatic heterocycles. The van der Waals surface area contributed by atoms with Gasteiger partial charge in [-0.1, -0.05) is 62.9 Å². The Labute approximate surface area is 250 Å². The molecule has 230 valence electrons. The predicted molar refractivity (Wildman–Crippen MR) is 165 cm³/mol. The predicted octanol–water partition coefficient (Wildman–Crippen LogP) is 5.23. The Bertz CT molecular complexity index is 1340. The molecule has 1 amide bonds. The molecule has 1 saturated heterocycles. The molecule has 42 heavy (non-hydrogen) atoms. The zero-order valence-electron chi connectivity index (χ0n) is 25.2. The summed E-state index contributed by atoms with van der Waals surface area (Å²) < 4.78 is 29.7. The molecule has 0 spiro atoms. The van der Waals surface area contributed by atoms with Crippen molar-refractivity contribution in [2.24, 2.45) is 5.92 Å². The molecule has 2 aliphatic rings. The first-order valence-corrected chi connectivity index (χ1v) is 17.4. The van der Waals surface area contributed by atoms with Crippen LogP contribution in [0.3, 0.4) is 0 Å². The van der Waals surface area contributed by atoms with Crippen LogP contribution in [0, 0.1) is 12.8 Å². The Balaban J connectivity index is 1.57. The number of carbonyl (C=O) groups is 2. The summed E-state index contributed by atoms with van der Waals surface area (Å²) in [6.07, 6.45) is 9.61. The van der Waals surface area contributed by atoms with Crippen LogP contribution >= 0.6 is 0 Å². The van der Waals surface area contributed by atoms with E-state index in [0.29, 0.717) is 23.6 Å².